The molecule has 0 aliphatic carbocycles. The lowest BCUT2D eigenvalue weighted by atomic mass is 10.1. The van der Waals surface area contributed by atoms with Gasteiger partial charge in [-0.25, -0.2) is 0 Å². The number of hydrogen-bond acceptors (Lipinski definition) is 4. The topological polar surface area (TPSA) is 76.2 Å². The van der Waals surface area contributed by atoms with E-state index in [1.807, 2.05) is 12.1 Å². The van der Waals surface area contributed by atoms with Crippen molar-refractivity contribution in [1.29, 1.82) is 5.26 Å². The molecule has 0 aliphatic rings. The van der Waals surface area contributed by atoms with E-state index in [1.165, 1.54) is 18.2 Å². The fourth-order valence-electron chi connectivity index (χ4n) is 1.62. The van der Waals surface area contributed by atoms with E-state index in [4.69, 9.17) is 21.6 Å². The standard InChI is InChI=1S/C14H9ClN2O3/c15-13-7-12(4-5-14(13)17(18)19)20-9-11-3-1-2-10(6-11)8-16/h1-7H,9H2. The Bertz CT molecular complexity index is 695. The first kappa shape index (κ1) is 13.8. The first-order valence-corrected chi connectivity index (χ1v) is 6.04. The molecular weight excluding hydrogens is 280 g/mol. The van der Waals surface area contributed by atoms with Crippen LogP contribution in [0.5, 0.6) is 5.75 Å². The SMILES string of the molecule is N#Cc1cccc(COc2ccc([N+](=O)[O-])c(Cl)c2)c1. The quantitative estimate of drug-likeness (QED) is 0.635. The molecule has 0 heterocycles. The molecule has 6 heteroatoms. The predicted octanol–water partition coefficient (Wildman–Crippen LogP) is 3.70. The minimum Gasteiger partial charge on any atom is -0.489 e. The number of nitro benzene ring substituents is 1. The second kappa shape index (κ2) is 6.04. The van der Waals surface area contributed by atoms with Crippen LogP contribution in [-0.4, -0.2) is 4.92 Å². The van der Waals surface area contributed by atoms with Crippen molar-refractivity contribution >= 4 is 17.3 Å². The Kier molecular flexibility index (Phi) is 4.18. The van der Waals surface area contributed by atoms with Crippen molar-refractivity contribution in [2.24, 2.45) is 0 Å². The van der Waals surface area contributed by atoms with Crippen LogP contribution in [0.25, 0.3) is 0 Å². The van der Waals surface area contributed by atoms with Gasteiger partial charge in [-0.2, -0.15) is 5.26 Å². The lowest BCUT2D eigenvalue weighted by Crippen LogP contribution is -1.96. The van der Waals surface area contributed by atoms with E-state index in [-0.39, 0.29) is 17.3 Å². The normalized spacial score (nSPS) is 9.80. The van der Waals surface area contributed by atoms with Crippen molar-refractivity contribution in [1.82, 2.24) is 0 Å². The summed E-state index contributed by atoms with van der Waals surface area (Å²) in [5.41, 5.74) is 1.22. The third-order valence-corrected chi connectivity index (χ3v) is 2.88. The molecule has 2 rings (SSSR count). The van der Waals surface area contributed by atoms with Gasteiger partial charge in [0.15, 0.2) is 0 Å². The Balaban J connectivity index is 2.09. The zero-order valence-corrected chi connectivity index (χ0v) is 11.0. The number of hydrogen-bond donors (Lipinski definition) is 0. The van der Waals surface area contributed by atoms with Crippen LogP contribution in [0.3, 0.4) is 0 Å². The average molecular weight is 289 g/mol. The summed E-state index contributed by atoms with van der Waals surface area (Å²) in [5, 5.41) is 19.5. The highest BCUT2D eigenvalue weighted by Gasteiger charge is 2.12. The highest BCUT2D eigenvalue weighted by molar-refractivity contribution is 6.32. The molecule has 0 N–H and O–H groups in total. The fourth-order valence-corrected chi connectivity index (χ4v) is 1.86. The van der Waals surface area contributed by atoms with E-state index in [1.54, 1.807) is 18.2 Å². The molecule has 2 aromatic carbocycles. The molecule has 0 amide bonds. The van der Waals surface area contributed by atoms with Crippen LogP contribution in [-0.2, 0) is 6.61 Å². The summed E-state index contributed by atoms with van der Waals surface area (Å²) in [5.74, 6) is 0.433. The van der Waals surface area contributed by atoms with Crippen LogP contribution in [0, 0.1) is 21.4 Å². The summed E-state index contributed by atoms with van der Waals surface area (Å²) < 4.78 is 5.49. The summed E-state index contributed by atoms with van der Waals surface area (Å²) in [6, 6.07) is 13.2. The molecule has 0 radical (unpaired) electrons. The van der Waals surface area contributed by atoms with Crippen LogP contribution in [0.1, 0.15) is 11.1 Å². The van der Waals surface area contributed by atoms with E-state index in [0.717, 1.165) is 5.56 Å². The number of nitrogens with zero attached hydrogens (tertiary/aromatic N) is 2. The molecule has 5 nitrogen and oxygen atoms in total. The van der Waals surface area contributed by atoms with E-state index in [0.29, 0.717) is 11.3 Å². The first-order valence-electron chi connectivity index (χ1n) is 5.66. The molecular formula is C14H9ClN2O3. The third kappa shape index (κ3) is 3.25. The van der Waals surface area contributed by atoms with Crippen LogP contribution in [0.4, 0.5) is 5.69 Å². The molecule has 0 saturated carbocycles. The fraction of sp³-hybridized carbons (Fsp3) is 0.0714. The van der Waals surface area contributed by atoms with Crippen LogP contribution in [0.15, 0.2) is 42.5 Å². The third-order valence-electron chi connectivity index (χ3n) is 2.58. The Morgan fingerprint density at radius 2 is 2.10 bits per heavy atom. The Labute approximate surface area is 120 Å². The largest absolute Gasteiger partial charge is 0.489 e. The Morgan fingerprint density at radius 1 is 1.30 bits per heavy atom. The zero-order chi connectivity index (χ0) is 14.5. The molecule has 0 spiro atoms. The van der Waals surface area contributed by atoms with Crippen molar-refractivity contribution in [2.75, 3.05) is 0 Å². The summed E-state index contributed by atoms with van der Waals surface area (Å²) >= 11 is 5.79. The van der Waals surface area contributed by atoms with Crippen molar-refractivity contribution < 1.29 is 9.66 Å². The van der Waals surface area contributed by atoms with Crippen LogP contribution >= 0.6 is 11.6 Å². The number of rotatable bonds is 4. The second-order valence-corrected chi connectivity index (χ2v) is 4.38. The van der Waals surface area contributed by atoms with Crippen molar-refractivity contribution in [3.05, 3.63) is 68.7 Å². The Morgan fingerprint density at radius 3 is 2.75 bits per heavy atom. The van der Waals surface area contributed by atoms with E-state index in [2.05, 4.69) is 0 Å². The number of nitro groups is 1. The minimum atomic E-state index is -0.553. The number of ether oxygens (including phenoxy) is 1. The molecule has 20 heavy (non-hydrogen) atoms. The van der Waals surface area contributed by atoms with Gasteiger partial charge in [-0.05, 0) is 23.8 Å². The molecule has 0 atom stereocenters. The maximum atomic E-state index is 10.6. The van der Waals surface area contributed by atoms with Crippen molar-refractivity contribution in [2.45, 2.75) is 6.61 Å². The highest BCUT2D eigenvalue weighted by Crippen LogP contribution is 2.28. The molecule has 0 saturated heterocycles. The van der Waals surface area contributed by atoms with Crippen molar-refractivity contribution in [3.8, 4) is 11.8 Å². The average Bonchev–Trinajstić information content (AvgIpc) is 2.45. The predicted molar refractivity (Wildman–Crippen MR) is 73.6 cm³/mol. The molecule has 2 aromatic rings. The van der Waals surface area contributed by atoms with E-state index >= 15 is 0 Å². The molecule has 0 aliphatic heterocycles. The van der Waals surface area contributed by atoms with Gasteiger partial charge in [0.25, 0.3) is 5.69 Å². The summed E-state index contributed by atoms with van der Waals surface area (Å²) in [7, 11) is 0. The van der Waals surface area contributed by atoms with E-state index in [9.17, 15) is 10.1 Å². The van der Waals surface area contributed by atoms with Gasteiger partial charge in [0.1, 0.15) is 17.4 Å². The van der Waals surface area contributed by atoms with Gasteiger partial charge >= 0.3 is 0 Å². The van der Waals surface area contributed by atoms with Gasteiger partial charge in [-0.3, -0.25) is 10.1 Å². The van der Waals surface area contributed by atoms with Gasteiger partial charge < -0.3 is 4.74 Å². The molecule has 0 bridgehead atoms. The number of halogens is 1. The molecule has 0 unspecified atom stereocenters. The van der Waals surface area contributed by atoms with E-state index < -0.39 is 4.92 Å². The van der Waals surface area contributed by atoms with Crippen LogP contribution in [0.2, 0.25) is 5.02 Å². The lowest BCUT2D eigenvalue weighted by Gasteiger charge is -2.07. The maximum absolute atomic E-state index is 10.6. The maximum Gasteiger partial charge on any atom is 0.288 e. The van der Waals surface area contributed by atoms with Gasteiger partial charge in [-0.15, -0.1) is 0 Å². The van der Waals surface area contributed by atoms with Gasteiger partial charge in [0.2, 0.25) is 0 Å². The van der Waals surface area contributed by atoms with Gasteiger partial charge in [-0.1, -0.05) is 23.7 Å². The molecule has 100 valence electrons. The minimum absolute atomic E-state index is 0.0262. The number of nitriles is 1. The molecule has 0 fully saturated rings. The monoisotopic (exact) mass is 288 g/mol. The zero-order valence-electron chi connectivity index (χ0n) is 10.2. The molecule has 0 aromatic heterocycles. The van der Waals surface area contributed by atoms with Gasteiger partial charge in [0.05, 0.1) is 16.6 Å². The summed E-state index contributed by atoms with van der Waals surface area (Å²) in [4.78, 5) is 10.1. The first-order chi connectivity index (χ1) is 9.60. The van der Waals surface area contributed by atoms with Crippen LogP contribution < -0.4 is 4.74 Å². The van der Waals surface area contributed by atoms with Crippen molar-refractivity contribution in [3.63, 3.8) is 0 Å². The Hall–Kier alpha value is -2.58. The second-order valence-electron chi connectivity index (χ2n) is 3.97. The highest BCUT2D eigenvalue weighted by atomic mass is 35.5. The smallest absolute Gasteiger partial charge is 0.288 e. The summed E-state index contributed by atoms with van der Waals surface area (Å²) in [6.07, 6.45) is 0. The lowest BCUT2D eigenvalue weighted by molar-refractivity contribution is -0.384. The summed E-state index contributed by atoms with van der Waals surface area (Å²) in [6.45, 7) is 0.254. The number of benzene rings is 2. The van der Waals surface area contributed by atoms with Gasteiger partial charge in [0, 0.05) is 12.1 Å².